The summed E-state index contributed by atoms with van der Waals surface area (Å²) in [7, 11) is 0. The van der Waals surface area contributed by atoms with Gasteiger partial charge < -0.3 is 10.0 Å². The van der Waals surface area contributed by atoms with Crippen molar-refractivity contribution in [3.8, 4) is 0 Å². The van der Waals surface area contributed by atoms with Gasteiger partial charge in [0.2, 0.25) is 0 Å². The van der Waals surface area contributed by atoms with Crippen LogP contribution in [0, 0.1) is 12.8 Å². The van der Waals surface area contributed by atoms with Crippen LogP contribution in [0.1, 0.15) is 40.4 Å². The minimum absolute atomic E-state index is 0.0648. The predicted octanol–water partition coefficient (Wildman–Crippen LogP) is 3.58. The minimum Gasteiger partial charge on any atom is -0.388 e. The largest absolute Gasteiger partial charge is 0.388 e. The van der Waals surface area contributed by atoms with E-state index in [1.54, 1.807) is 0 Å². The first-order chi connectivity index (χ1) is 11.1. The van der Waals surface area contributed by atoms with Gasteiger partial charge in [0.1, 0.15) is 0 Å². The number of nitrogens with zero attached hydrogens (tertiary/aromatic N) is 1. The zero-order chi connectivity index (χ0) is 16.2. The molecule has 1 aliphatic rings. The second-order valence-corrected chi connectivity index (χ2v) is 6.38. The lowest BCUT2D eigenvalue weighted by atomic mass is 9.88. The summed E-state index contributed by atoms with van der Waals surface area (Å²) < 4.78 is 0. The highest BCUT2D eigenvalue weighted by atomic mass is 16.3. The number of carbonyl (C=O) groups excluding carboxylic acids is 1. The minimum atomic E-state index is -0.509. The highest BCUT2D eigenvalue weighted by Crippen LogP contribution is 2.30. The van der Waals surface area contributed by atoms with Crippen LogP contribution in [-0.2, 0) is 0 Å². The van der Waals surface area contributed by atoms with Crippen LogP contribution in [0.2, 0.25) is 0 Å². The third-order valence-corrected chi connectivity index (χ3v) is 4.63. The molecule has 1 N–H and O–H groups in total. The Kier molecular flexibility index (Phi) is 4.77. The second-order valence-electron chi connectivity index (χ2n) is 6.38. The Morgan fingerprint density at radius 2 is 1.83 bits per heavy atom. The number of likely N-dealkylation sites (tertiary alicyclic amines) is 1. The number of piperidine rings is 1. The van der Waals surface area contributed by atoms with Crippen molar-refractivity contribution in [1.82, 2.24) is 4.90 Å². The van der Waals surface area contributed by atoms with Crippen molar-refractivity contribution in [3.05, 3.63) is 71.3 Å². The molecule has 0 radical (unpaired) electrons. The molecule has 3 heteroatoms. The summed E-state index contributed by atoms with van der Waals surface area (Å²) >= 11 is 0. The fourth-order valence-electron chi connectivity index (χ4n) is 3.25. The van der Waals surface area contributed by atoms with Crippen LogP contribution in [0.3, 0.4) is 0 Å². The standard InChI is InChI=1S/C20H23NO2/c1-15-9-11-17(12-10-15)20(23)21-13-5-8-18(14-21)19(22)16-6-3-2-4-7-16/h2-4,6-7,9-12,18-19,22H,5,8,13-14H2,1H3/t18?,19-/m1/s1. The molecule has 3 rings (SSSR count). The summed E-state index contributed by atoms with van der Waals surface area (Å²) in [4.78, 5) is 14.5. The zero-order valence-electron chi connectivity index (χ0n) is 13.5. The fourth-order valence-corrected chi connectivity index (χ4v) is 3.25. The quantitative estimate of drug-likeness (QED) is 0.941. The van der Waals surface area contributed by atoms with Crippen LogP contribution < -0.4 is 0 Å². The highest BCUT2D eigenvalue weighted by Gasteiger charge is 2.29. The van der Waals surface area contributed by atoms with Crippen molar-refractivity contribution in [3.63, 3.8) is 0 Å². The molecular formula is C20H23NO2. The van der Waals surface area contributed by atoms with Crippen LogP contribution in [0.4, 0.5) is 0 Å². The Balaban J connectivity index is 1.70. The maximum atomic E-state index is 12.7. The lowest BCUT2D eigenvalue weighted by molar-refractivity contribution is 0.0401. The number of aryl methyl sites for hydroxylation is 1. The molecule has 0 saturated carbocycles. The van der Waals surface area contributed by atoms with E-state index >= 15 is 0 Å². The van der Waals surface area contributed by atoms with E-state index in [4.69, 9.17) is 0 Å². The van der Waals surface area contributed by atoms with E-state index < -0.39 is 6.10 Å². The number of aliphatic hydroxyl groups is 1. The van der Waals surface area contributed by atoms with Crippen LogP contribution in [0.25, 0.3) is 0 Å². The Hall–Kier alpha value is -2.13. The number of hydrogen-bond acceptors (Lipinski definition) is 2. The van der Waals surface area contributed by atoms with E-state index in [-0.39, 0.29) is 11.8 Å². The fraction of sp³-hybridized carbons (Fsp3) is 0.350. The van der Waals surface area contributed by atoms with Gasteiger partial charge in [-0.25, -0.2) is 0 Å². The summed E-state index contributed by atoms with van der Waals surface area (Å²) in [5.41, 5.74) is 2.81. The van der Waals surface area contributed by atoms with E-state index in [2.05, 4.69) is 0 Å². The molecule has 1 aliphatic heterocycles. The number of amides is 1. The normalized spacial score (nSPS) is 19.4. The van der Waals surface area contributed by atoms with Crippen molar-refractivity contribution in [2.24, 2.45) is 5.92 Å². The maximum absolute atomic E-state index is 12.7. The van der Waals surface area contributed by atoms with E-state index in [0.29, 0.717) is 6.54 Å². The molecule has 3 nitrogen and oxygen atoms in total. The van der Waals surface area contributed by atoms with Crippen molar-refractivity contribution in [2.75, 3.05) is 13.1 Å². The Labute approximate surface area is 137 Å². The first-order valence-corrected chi connectivity index (χ1v) is 8.24. The van der Waals surface area contributed by atoms with Gasteiger partial charge in [-0.3, -0.25) is 4.79 Å². The van der Waals surface area contributed by atoms with Crippen LogP contribution >= 0.6 is 0 Å². The Morgan fingerprint density at radius 1 is 1.13 bits per heavy atom. The average Bonchev–Trinajstić information content (AvgIpc) is 2.62. The Morgan fingerprint density at radius 3 is 2.52 bits per heavy atom. The SMILES string of the molecule is Cc1ccc(C(=O)N2CCCC([C@H](O)c3ccccc3)C2)cc1. The first kappa shape index (κ1) is 15.8. The number of carbonyl (C=O) groups is 1. The molecule has 120 valence electrons. The summed E-state index contributed by atoms with van der Waals surface area (Å²) in [6.45, 7) is 3.40. The second kappa shape index (κ2) is 6.97. The smallest absolute Gasteiger partial charge is 0.253 e. The molecule has 0 aliphatic carbocycles. The van der Waals surface area contributed by atoms with E-state index in [0.717, 1.165) is 36.1 Å². The van der Waals surface area contributed by atoms with Gasteiger partial charge in [-0.2, -0.15) is 0 Å². The Bertz CT molecular complexity index is 651. The maximum Gasteiger partial charge on any atom is 0.253 e. The monoisotopic (exact) mass is 309 g/mol. The van der Waals surface area contributed by atoms with Gasteiger partial charge in [0.15, 0.2) is 0 Å². The van der Waals surface area contributed by atoms with E-state index in [9.17, 15) is 9.90 Å². The number of hydrogen-bond donors (Lipinski definition) is 1. The third kappa shape index (κ3) is 3.62. The van der Waals surface area contributed by atoms with E-state index in [1.165, 1.54) is 0 Å². The summed E-state index contributed by atoms with van der Waals surface area (Å²) in [6.07, 6.45) is 1.38. The topological polar surface area (TPSA) is 40.5 Å². The summed E-state index contributed by atoms with van der Waals surface area (Å²) in [5, 5.41) is 10.6. The third-order valence-electron chi connectivity index (χ3n) is 4.63. The molecule has 2 aromatic carbocycles. The van der Waals surface area contributed by atoms with Gasteiger partial charge in [-0.05, 0) is 37.5 Å². The molecule has 1 amide bonds. The van der Waals surface area contributed by atoms with Gasteiger partial charge in [0.05, 0.1) is 6.10 Å². The zero-order valence-corrected chi connectivity index (χ0v) is 13.5. The number of aliphatic hydroxyl groups excluding tert-OH is 1. The molecular weight excluding hydrogens is 286 g/mol. The van der Waals surface area contributed by atoms with Gasteiger partial charge in [0.25, 0.3) is 5.91 Å². The highest BCUT2D eigenvalue weighted by molar-refractivity contribution is 5.94. The lowest BCUT2D eigenvalue weighted by Crippen LogP contribution is -2.41. The van der Waals surface area contributed by atoms with Crippen LogP contribution in [-0.4, -0.2) is 29.0 Å². The van der Waals surface area contributed by atoms with Gasteiger partial charge in [-0.15, -0.1) is 0 Å². The van der Waals surface area contributed by atoms with Crippen molar-refractivity contribution >= 4 is 5.91 Å². The van der Waals surface area contributed by atoms with Crippen LogP contribution in [0.15, 0.2) is 54.6 Å². The van der Waals surface area contributed by atoms with Gasteiger partial charge >= 0.3 is 0 Å². The molecule has 0 bridgehead atoms. The molecule has 1 unspecified atom stereocenters. The number of benzene rings is 2. The lowest BCUT2D eigenvalue weighted by Gasteiger charge is -2.35. The van der Waals surface area contributed by atoms with Crippen molar-refractivity contribution in [1.29, 1.82) is 0 Å². The summed E-state index contributed by atoms with van der Waals surface area (Å²) in [6, 6.07) is 17.4. The molecule has 23 heavy (non-hydrogen) atoms. The summed E-state index contributed by atoms with van der Waals surface area (Å²) in [5.74, 6) is 0.163. The molecule has 2 aromatic rings. The van der Waals surface area contributed by atoms with Crippen LogP contribution in [0.5, 0.6) is 0 Å². The molecule has 1 heterocycles. The molecule has 1 saturated heterocycles. The van der Waals surface area contributed by atoms with Crippen molar-refractivity contribution in [2.45, 2.75) is 25.9 Å². The first-order valence-electron chi connectivity index (χ1n) is 8.24. The van der Waals surface area contributed by atoms with Gasteiger partial charge in [0, 0.05) is 24.6 Å². The van der Waals surface area contributed by atoms with Crippen molar-refractivity contribution < 1.29 is 9.90 Å². The predicted molar refractivity (Wildman–Crippen MR) is 91.2 cm³/mol. The molecule has 0 spiro atoms. The average molecular weight is 309 g/mol. The molecule has 0 aromatic heterocycles. The van der Waals surface area contributed by atoms with Gasteiger partial charge in [-0.1, -0.05) is 48.0 Å². The van der Waals surface area contributed by atoms with E-state index in [1.807, 2.05) is 66.4 Å². The molecule has 1 fully saturated rings. The molecule has 2 atom stereocenters. The number of rotatable bonds is 3.